The van der Waals surface area contributed by atoms with E-state index in [-0.39, 0.29) is 11.3 Å². The van der Waals surface area contributed by atoms with Crippen molar-refractivity contribution in [3.05, 3.63) is 58.4 Å². The summed E-state index contributed by atoms with van der Waals surface area (Å²) in [4.78, 5) is 10.6. The zero-order valence-electron chi connectivity index (χ0n) is 11.3. The fourth-order valence-corrected chi connectivity index (χ4v) is 1.81. The lowest BCUT2D eigenvalue weighted by molar-refractivity contribution is -0.139. The summed E-state index contributed by atoms with van der Waals surface area (Å²) in [5.74, 6) is 3.98. The average Bonchev–Trinajstić information content (AvgIpc) is 2.47. The number of carboxylic acid groups (broad SMARTS) is 1. The third-order valence-corrected chi connectivity index (χ3v) is 2.85. The van der Waals surface area contributed by atoms with E-state index < -0.39 is 18.4 Å². The van der Waals surface area contributed by atoms with Crippen molar-refractivity contribution in [2.75, 3.05) is 12.3 Å². The maximum Gasteiger partial charge on any atom is 0.341 e. The van der Waals surface area contributed by atoms with Gasteiger partial charge in [0.1, 0.15) is 11.6 Å². The molecule has 3 N–H and O–H groups in total. The van der Waals surface area contributed by atoms with Crippen molar-refractivity contribution in [2.45, 2.75) is 0 Å². The summed E-state index contributed by atoms with van der Waals surface area (Å²) in [6, 6.07) is 8.62. The monoisotopic (exact) mass is 319 g/mol. The molecule has 0 aliphatic carbocycles. The Labute approximate surface area is 131 Å². The van der Waals surface area contributed by atoms with Crippen molar-refractivity contribution in [1.82, 2.24) is 0 Å². The van der Waals surface area contributed by atoms with Crippen LogP contribution in [0.4, 0.5) is 10.1 Å². The number of carbonyl (C=O) groups is 1. The minimum Gasteiger partial charge on any atom is -0.481 e. The fraction of sp³-hybridized carbons (Fsp3) is 0.0625. The zero-order valence-corrected chi connectivity index (χ0v) is 12.0. The highest BCUT2D eigenvalue weighted by molar-refractivity contribution is 6.30. The molecule has 6 heteroatoms. The molecule has 0 amide bonds. The highest BCUT2D eigenvalue weighted by Gasteiger charge is 2.06. The molecule has 22 heavy (non-hydrogen) atoms. The van der Waals surface area contributed by atoms with E-state index in [0.29, 0.717) is 16.3 Å². The average molecular weight is 320 g/mol. The van der Waals surface area contributed by atoms with E-state index in [1.807, 2.05) is 0 Å². The molecule has 0 fully saturated rings. The Balaban J connectivity index is 2.36. The first-order chi connectivity index (χ1) is 10.5. The predicted molar refractivity (Wildman–Crippen MR) is 81.4 cm³/mol. The van der Waals surface area contributed by atoms with Crippen molar-refractivity contribution >= 4 is 23.3 Å². The molecule has 0 atom stereocenters. The number of nitrogen functional groups attached to an aromatic ring is 1. The van der Waals surface area contributed by atoms with E-state index in [1.54, 1.807) is 6.07 Å². The van der Waals surface area contributed by atoms with Crippen molar-refractivity contribution < 1.29 is 19.0 Å². The fourth-order valence-electron chi connectivity index (χ4n) is 1.64. The first kappa shape index (κ1) is 15.7. The highest BCUT2D eigenvalue weighted by atomic mass is 35.5. The molecule has 112 valence electrons. The molecule has 4 nitrogen and oxygen atoms in total. The summed E-state index contributed by atoms with van der Waals surface area (Å²) in [6.45, 7) is -0.511. The van der Waals surface area contributed by atoms with Crippen molar-refractivity contribution in [2.24, 2.45) is 0 Å². The lowest BCUT2D eigenvalue weighted by atomic mass is 10.1. The molecule has 0 radical (unpaired) electrons. The third kappa shape index (κ3) is 4.14. The Morgan fingerprint density at radius 3 is 2.68 bits per heavy atom. The van der Waals surface area contributed by atoms with E-state index in [4.69, 9.17) is 27.2 Å². The minimum absolute atomic E-state index is 0.129. The van der Waals surface area contributed by atoms with Gasteiger partial charge < -0.3 is 15.6 Å². The van der Waals surface area contributed by atoms with Gasteiger partial charge in [-0.15, -0.1) is 0 Å². The molecule has 0 saturated carbocycles. The van der Waals surface area contributed by atoms with Crippen LogP contribution in [-0.4, -0.2) is 17.7 Å². The van der Waals surface area contributed by atoms with Crippen LogP contribution in [0.5, 0.6) is 5.75 Å². The molecule has 0 aromatic heterocycles. The lowest BCUT2D eigenvalue weighted by Crippen LogP contribution is -2.10. The molecular weight excluding hydrogens is 309 g/mol. The normalized spacial score (nSPS) is 9.73. The summed E-state index contributed by atoms with van der Waals surface area (Å²) >= 11 is 5.88. The maximum atomic E-state index is 13.6. The van der Waals surface area contributed by atoms with Gasteiger partial charge in [0.15, 0.2) is 6.61 Å². The Bertz CT molecular complexity index is 781. The quantitative estimate of drug-likeness (QED) is 0.674. The summed E-state index contributed by atoms with van der Waals surface area (Å²) in [5, 5.41) is 9.05. The van der Waals surface area contributed by atoms with E-state index in [1.165, 1.54) is 30.3 Å². The number of rotatable bonds is 3. The van der Waals surface area contributed by atoms with Crippen LogP contribution in [0, 0.1) is 17.7 Å². The first-order valence-electron chi connectivity index (χ1n) is 6.17. The van der Waals surface area contributed by atoms with Crippen LogP contribution < -0.4 is 10.5 Å². The second-order valence-electron chi connectivity index (χ2n) is 4.31. The van der Waals surface area contributed by atoms with Crippen molar-refractivity contribution in [3.63, 3.8) is 0 Å². The van der Waals surface area contributed by atoms with E-state index in [2.05, 4.69) is 11.8 Å². The predicted octanol–water partition coefficient (Wildman–Crippen LogP) is 2.92. The molecule has 0 aliphatic rings. The smallest absolute Gasteiger partial charge is 0.341 e. The molecule has 0 bridgehead atoms. The summed E-state index contributed by atoms with van der Waals surface area (Å²) in [7, 11) is 0. The lowest BCUT2D eigenvalue weighted by Gasteiger charge is -2.06. The van der Waals surface area contributed by atoms with Crippen LogP contribution in [0.15, 0.2) is 36.4 Å². The maximum absolute atomic E-state index is 13.6. The molecule has 0 heterocycles. The Morgan fingerprint density at radius 1 is 1.23 bits per heavy atom. The van der Waals surface area contributed by atoms with Crippen LogP contribution in [0.25, 0.3) is 0 Å². The molecule has 2 rings (SSSR count). The summed E-state index contributed by atoms with van der Waals surface area (Å²) < 4.78 is 18.7. The summed E-state index contributed by atoms with van der Waals surface area (Å²) in [5.41, 5.74) is 6.46. The minimum atomic E-state index is -1.12. The molecule has 0 saturated heterocycles. The number of benzene rings is 2. The zero-order chi connectivity index (χ0) is 16.1. The molecule has 0 unspecified atom stereocenters. The van der Waals surface area contributed by atoms with E-state index in [0.717, 1.165) is 0 Å². The van der Waals surface area contributed by atoms with Gasteiger partial charge in [0.05, 0.1) is 11.1 Å². The Hall–Kier alpha value is -2.71. The Morgan fingerprint density at radius 2 is 1.95 bits per heavy atom. The molecule has 2 aromatic rings. The largest absolute Gasteiger partial charge is 0.481 e. The van der Waals surface area contributed by atoms with Gasteiger partial charge in [-0.2, -0.15) is 0 Å². The van der Waals surface area contributed by atoms with Crippen molar-refractivity contribution in [3.8, 4) is 17.6 Å². The third-order valence-electron chi connectivity index (χ3n) is 2.62. The van der Waals surface area contributed by atoms with Crippen LogP contribution in [0.2, 0.25) is 5.02 Å². The van der Waals surface area contributed by atoms with Gasteiger partial charge in [-0.1, -0.05) is 23.4 Å². The molecule has 2 aromatic carbocycles. The van der Waals surface area contributed by atoms with Gasteiger partial charge in [0.25, 0.3) is 0 Å². The van der Waals surface area contributed by atoms with Gasteiger partial charge in [-0.3, -0.25) is 0 Å². The van der Waals surface area contributed by atoms with Gasteiger partial charge in [-0.05, 0) is 36.4 Å². The topological polar surface area (TPSA) is 72.5 Å². The van der Waals surface area contributed by atoms with Gasteiger partial charge in [0, 0.05) is 10.7 Å². The van der Waals surface area contributed by atoms with Crippen LogP contribution in [-0.2, 0) is 4.79 Å². The standard InChI is InChI=1S/C16H11ClFNO3/c17-12-3-6-15(22-9-16(20)21)11(7-12)2-1-10-8-13(19)4-5-14(10)18/h3-8H,9,19H2,(H,20,21). The van der Waals surface area contributed by atoms with Crippen LogP contribution >= 0.6 is 11.6 Å². The Kier molecular flexibility index (Phi) is 4.87. The second kappa shape index (κ2) is 6.83. The number of halogens is 2. The highest BCUT2D eigenvalue weighted by Crippen LogP contribution is 2.22. The van der Waals surface area contributed by atoms with Crippen LogP contribution in [0.3, 0.4) is 0 Å². The number of carboxylic acids is 1. The van der Waals surface area contributed by atoms with Gasteiger partial charge in [0.2, 0.25) is 0 Å². The van der Waals surface area contributed by atoms with E-state index in [9.17, 15) is 9.18 Å². The van der Waals surface area contributed by atoms with Crippen LogP contribution in [0.1, 0.15) is 11.1 Å². The number of ether oxygens (including phenoxy) is 1. The summed E-state index contributed by atoms with van der Waals surface area (Å²) in [6.07, 6.45) is 0. The first-order valence-corrected chi connectivity index (χ1v) is 6.54. The second-order valence-corrected chi connectivity index (χ2v) is 4.75. The molecule has 0 aliphatic heterocycles. The number of aliphatic carboxylic acids is 1. The number of anilines is 1. The van der Waals surface area contributed by atoms with E-state index >= 15 is 0 Å². The van der Waals surface area contributed by atoms with Crippen molar-refractivity contribution in [1.29, 1.82) is 0 Å². The molecule has 0 spiro atoms. The number of nitrogens with two attached hydrogens (primary N) is 1. The SMILES string of the molecule is Nc1ccc(F)c(C#Cc2cc(Cl)ccc2OCC(=O)O)c1. The van der Waals surface area contributed by atoms with Gasteiger partial charge >= 0.3 is 5.97 Å². The molecular formula is C16H11ClFNO3. The number of hydrogen-bond donors (Lipinski definition) is 2. The van der Waals surface area contributed by atoms with Gasteiger partial charge in [-0.25, -0.2) is 9.18 Å². The number of hydrogen-bond acceptors (Lipinski definition) is 3.